The summed E-state index contributed by atoms with van der Waals surface area (Å²) >= 11 is 0. The Bertz CT molecular complexity index is 478. The normalized spacial score (nSPS) is 17.0. The van der Waals surface area contributed by atoms with Gasteiger partial charge in [0.1, 0.15) is 0 Å². The van der Waals surface area contributed by atoms with Crippen molar-refractivity contribution < 1.29 is 0 Å². The van der Waals surface area contributed by atoms with Gasteiger partial charge >= 0.3 is 0 Å². The Morgan fingerprint density at radius 3 is 2.46 bits per heavy atom. The SMILES string of the molecule is CN1CCN(CCCCNC(=NCc2ccccc2)N(C)C)CC1. The van der Waals surface area contributed by atoms with Gasteiger partial charge in [0.15, 0.2) is 5.96 Å². The van der Waals surface area contributed by atoms with Crippen LogP contribution >= 0.6 is 0 Å². The van der Waals surface area contributed by atoms with Crippen molar-refractivity contribution in [2.24, 2.45) is 4.99 Å². The van der Waals surface area contributed by atoms with Crippen LogP contribution in [0.5, 0.6) is 0 Å². The van der Waals surface area contributed by atoms with Crippen LogP contribution in [0, 0.1) is 0 Å². The molecule has 24 heavy (non-hydrogen) atoms. The molecule has 134 valence electrons. The highest BCUT2D eigenvalue weighted by Gasteiger charge is 2.12. The van der Waals surface area contributed by atoms with E-state index in [9.17, 15) is 0 Å². The fourth-order valence-electron chi connectivity index (χ4n) is 2.84. The van der Waals surface area contributed by atoms with Crippen molar-refractivity contribution in [3.63, 3.8) is 0 Å². The van der Waals surface area contributed by atoms with E-state index < -0.39 is 0 Å². The van der Waals surface area contributed by atoms with E-state index in [1.54, 1.807) is 0 Å². The number of hydrogen-bond acceptors (Lipinski definition) is 3. The van der Waals surface area contributed by atoms with Gasteiger partial charge in [0.05, 0.1) is 6.54 Å². The van der Waals surface area contributed by atoms with Crippen LogP contribution in [0.4, 0.5) is 0 Å². The van der Waals surface area contributed by atoms with Crippen LogP contribution in [0.25, 0.3) is 0 Å². The highest BCUT2D eigenvalue weighted by molar-refractivity contribution is 5.79. The van der Waals surface area contributed by atoms with Crippen LogP contribution in [0.15, 0.2) is 35.3 Å². The second kappa shape index (κ2) is 10.3. The summed E-state index contributed by atoms with van der Waals surface area (Å²) in [6.07, 6.45) is 2.43. The lowest BCUT2D eigenvalue weighted by Gasteiger charge is -2.32. The minimum absolute atomic E-state index is 0.725. The van der Waals surface area contributed by atoms with E-state index in [1.807, 2.05) is 20.2 Å². The second-order valence-electron chi connectivity index (χ2n) is 6.80. The molecule has 0 aliphatic carbocycles. The fraction of sp³-hybridized carbons (Fsp3) is 0.632. The van der Waals surface area contributed by atoms with Crippen LogP contribution < -0.4 is 5.32 Å². The number of likely N-dealkylation sites (N-methyl/N-ethyl adjacent to an activating group) is 1. The Hall–Kier alpha value is -1.59. The number of guanidine groups is 1. The molecular formula is C19H33N5. The van der Waals surface area contributed by atoms with E-state index in [1.165, 1.54) is 51.1 Å². The van der Waals surface area contributed by atoms with Gasteiger partial charge in [0.25, 0.3) is 0 Å². The van der Waals surface area contributed by atoms with E-state index in [0.717, 1.165) is 19.0 Å². The van der Waals surface area contributed by atoms with Crippen LogP contribution in [0.1, 0.15) is 18.4 Å². The van der Waals surface area contributed by atoms with Crippen LogP contribution in [0.2, 0.25) is 0 Å². The third-order valence-electron chi connectivity index (χ3n) is 4.46. The Balaban J connectivity index is 1.64. The Kier molecular flexibility index (Phi) is 8.05. The molecule has 0 amide bonds. The number of unbranched alkanes of at least 4 members (excludes halogenated alkanes) is 1. The van der Waals surface area contributed by atoms with Gasteiger partial charge in [-0.2, -0.15) is 0 Å². The monoisotopic (exact) mass is 331 g/mol. The molecule has 0 radical (unpaired) electrons. The zero-order chi connectivity index (χ0) is 17.2. The molecule has 1 aliphatic rings. The number of aliphatic imine (C=N–C) groups is 1. The average molecular weight is 332 g/mol. The highest BCUT2D eigenvalue weighted by Crippen LogP contribution is 2.02. The van der Waals surface area contributed by atoms with E-state index in [4.69, 9.17) is 4.99 Å². The minimum atomic E-state index is 0.725. The molecule has 0 atom stereocenters. The Morgan fingerprint density at radius 2 is 1.79 bits per heavy atom. The summed E-state index contributed by atoms with van der Waals surface area (Å²) < 4.78 is 0. The number of benzene rings is 1. The van der Waals surface area contributed by atoms with Crippen molar-refractivity contribution in [3.8, 4) is 0 Å². The second-order valence-corrected chi connectivity index (χ2v) is 6.80. The number of hydrogen-bond donors (Lipinski definition) is 1. The van der Waals surface area contributed by atoms with Gasteiger partial charge in [-0.05, 0) is 32.0 Å². The first kappa shape index (κ1) is 18.7. The summed E-state index contributed by atoms with van der Waals surface area (Å²) in [5, 5.41) is 3.48. The van der Waals surface area contributed by atoms with Gasteiger partial charge in [-0.3, -0.25) is 0 Å². The molecule has 1 aliphatic heterocycles. The lowest BCUT2D eigenvalue weighted by atomic mass is 10.2. The minimum Gasteiger partial charge on any atom is -0.356 e. The van der Waals surface area contributed by atoms with Crippen LogP contribution in [0.3, 0.4) is 0 Å². The molecule has 5 nitrogen and oxygen atoms in total. The average Bonchev–Trinajstić information content (AvgIpc) is 2.59. The number of rotatable bonds is 7. The Morgan fingerprint density at radius 1 is 1.08 bits per heavy atom. The third-order valence-corrected chi connectivity index (χ3v) is 4.46. The molecule has 5 heteroatoms. The van der Waals surface area contributed by atoms with Crippen molar-refractivity contribution in [1.29, 1.82) is 0 Å². The van der Waals surface area contributed by atoms with Gasteiger partial charge in [-0.25, -0.2) is 4.99 Å². The summed E-state index contributed by atoms with van der Waals surface area (Å²) in [5.41, 5.74) is 1.24. The molecule has 0 unspecified atom stereocenters. The smallest absolute Gasteiger partial charge is 0.193 e. The number of nitrogens with one attached hydrogen (secondary N) is 1. The maximum absolute atomic E-state index is 4.70. The highest BCUT2D eigenvalue weighted by atomic mass is 15.3. The molecule has 1 N–H and O–H groups in total. The molecule has 2 rings (SSSR count). The summed E-state index contributed by atoms with van der Waals surface area (Å²) in [7, 11) is 6.29. The van der Waals surface area contributed by atoms with E-state index in [2.05, 4.69) is 51.3 Å². The fourth-order valence-corrected chi connectivity index (χ4v) is 2.84. The van der Waals surface area contributed by atoms with Gasteiger partial charge in [-0.15, -0.1) is 0 Å². The quantitative estimate of drug-likeness (QED) is 0.469. The zero-order valence-corrected chi connectivity index (χ0v) is 15.5. The summed E-state index contributed by atoms with van der Waals surface area (Å²) in [4.78, 5) is 11.8. The maximum atomic E-state index is 4.70. The molecule has 0 bridgehead atoms. The van der Waals surface area contributed by atoms with Crippen molar-refractivity contribution in [3.05, 3.63) is 35.9 Å². The van der Waals surface area contributed by atoms with E-state index >= 15 is 0 Å². The molecule has 1 aromatic rings. The van der Waals surface area contributed by atoms with Crippen molar-refractivity contribution in [1.82, 2.24) is 20.0 Å². The maximum Gasteiger partial charge on any atom is 0.193 e. The van der Waals surface area contributed by atoms with Crippen molar-refractivity contribution >= 4 is 5.96 Å². The molecule has 0 saturated carbocycles. The first-order valence-electron chi connectivity index (χ1n) is 9.05. The molecule has 1 saturated heterocycles. The topological polar surface area (TPSA) is 34.1 Å². The lowest BCUT2D eigenvalue weighted by molar-refractivity contribution is 0.152. The van der Waals surface area contributed by atoms with Crippen LogP contribution in [-0.4, -0.2) is 81.1 Å². The number of nitrogens with zero attached hydrogens (tertiary/aromatic N) is 4. The molecule has 0 aromatic heterocycles. The van der Waals surface area contributed by atoms with Gasteiger partial charge < -0.3 is 20.0 Å². The first-order valence-corrected chi connectivity index (χ1v) is 9.05. The number of piperazine rings is 1. The predicted molar refractivity (Wildman–Crippen MR) is 102 cm³/mol. The van der Waals surface area contributed by atoms with E-state index in [0.29, 0.717) is 0 Å². The summed E-state index contributed by atoms with van der Waals surface area (Å²) in [6.45, 7) is 7.76. The standard InChI is InChI=1S/C19H33N5/c1-22(2)19(21-17-18-9-5-4-6-10-18)20-11-7-8-12-24-15-13-23(3)14-16-24/h4-6,9-10H,7-8,11-17H2,1-3H3,(H,20,21). The molecule has 1 aromatic carbocycles. The lowest BCUT2D eigenvalue weighted by Crippen LogP contribution is -2.44. The van der Waals surface area contributed by atoms with Gasteiger partial charge in [0.2, 0.25) is 0 Å². The molecule has 1 fully saturated rings. The van der Waals surface area contributed by atoms with Crippen LogP contribution in [-0.2, 0) is 6.54 Å². The molecular weight excluding hydrogens is 298 g/mol. The van der Waals surface area contributed by atoms with Crippen molar-refractivity contribution in [2.75, 3.05) is 60.4 Å². The van der Waals surface area contributed by atoms with Crippen molar-refractivity contribution in [2.45, 2.75) is 19.4 Å². The zero-order valence-electron chi connectivity index (χ0n) is 15.5. The van der Waals surface area contributed by atoms with E-state index in [-0.39, 0.29) is 0 Å². The van der Waals surface area contributed by atoms with Gasteiger partial charge in [0, 0.05) is 46.8 Å². The van der Waals surface area contributed by atoms with Gasteiger partial charge in [-0.1, -0.05) is 30.3 Å². The predicted octanol–water partition coefficient (Wildman–Crippen LogP) is 1.72. The summed E-state index contributed by atoms with van der Waals surface area (Å²) in [5.74, 6) is 0.971. The Labute approximate surface area is 147 Å². The molecule has 1 heterocycles. The largest absolute Gasteiger partial charge is 0.356 e. The summed E-state index contributed by atoms with van der Waals surface area (Å²) in [6, 6.07) is 10.4. The third kappa shape index (κ3) is 6.89. The first-order chi connectivity index (χ1) is 11.6. The molecule has 0 spiro atoms.